The molecule has 0 spiro atoms. The summed E-state index contributed by atoms with van der Waals surface area (Å²) in [6, 6.07) is 5.35. The van der Waals surface area contributed by atoms with Gasteiger partial charge in [0.15, 0.2) is 17.5 Å². The van der Waals surface area contributed by atoms with Crippen LogP contribution in [0.4, 0.5) is 24.7 Å². The Balaban J connectivity index is 1.65. The van der Waals surface area contributed by atoms with Gasteiger partial charge in [-0.25, -0.2) is 18.2 Å². The molecule has 7 heteroatoms. The van der Waals surface area contributed by atoms with E-state index in [1.54, 1.807) is 18.3 Å². The van der Waals surface area contributed by atoms with E-state index in [1.165, 1.54) is 19.3 Å². The SMILES string of the molecule is O=C(Nc1ccc(NC2CCCCC2)cn1)c1ccc(F)c(F)c1F. The van der Waals surface area contributed by atoms with Crippen molar-refractivity contribution in [3.05, 3.63) is 53.5 Å². The monoisotopic (exact) mass is 349 g/mol. The molecule has 0 saturated heterocycles. The first-order valence-corrected chi connectivity index (χ1v) is 8.22. The summed E-state index contributed by atoms with van der Waals surface area (Å²) in [5, 5.41) is 5.76. The second kappa shape index (κ2) is 7.55. The lowest BCUT2D eigenvalue weighted by Crippen LogP contribution is -2.22. The maximum absolute atomic E-state index is 13.6. The Labute approximate surface area is 143 Å². The standard InChI is InChI=1S/C18H18F3N3O/c19-14-8-7-13(16(20)17(14)21)18(25)24-15-9-6-12(10-22-15)23-11-4-2-1-3-5-11/h6-11,23H,1-5H2,(H,22,24,25). The van der Waals surface area contributed by atoms with Crippen LogP contribution in [0.5, 0.6) is 0 Å². The van der Waals surface area contributed by atoms with E-state index in [0.29, 0.717) is 12.1 Å². The molecule has 0 aliphatic heterocycles. The first kappa shape index (κ1) is 17.3. The second-order valence-corrected chi connectivity index (χ2v) is 6.09. The van der Waals surface area contributed by atoms with Gasteiger partial charge in [-0.15, -0.1) is 0 Å². The van der Waals surface area contributed by atoms with Crippen LogP contribution in [0, 0.1) is 17.5 Å². The Bertz CT molecular complexity index is 759. The molecule has 2 aromatic rings. The van der Waals surface area contributed by atoms with E-state index in [-0.39, 0.29) is 5.82 Å². The third kappa shape index (κ3) is 4.10. The predicted molar refractivity (Wildman–Crippen MR) is 89.0 cm³/mol. The minimum Gasteiger partial charge on any atom is -0.381 e. The zero-order valence-corrected chi connectivity index (χ0v) is 13.5. The number of hydrogen-bond donors (Lipinski definition) is 2. The van der Waals surface area contributed by atoms with Crippen LogP contribution in [0.3, 0.4) is 0 Å². The van der Waals surface area contributed by atoms with Gasteiger partial charge >= 0.3 is 0 Å². The molecule has 1 amide bonds. The Morgan fingerprint density at radius 1 is 1.00 bits per heavy atom. The van der Waals surface area contributed by atoms with Crippen molar-refractivity contribution in [2.24, 2.45) is 0 Å². The number of amides is 1. The fourth-order valence-corrected chi connectivity index (χ4v) is 2.92. The summed E-state index contributed by atoms with van der Waals surface area (Å²) in [6.45, 7) is 0. The first-order valence-electron chi connectivity index (χ1n) is 8.22. The molecule has 132 valence electrons. The van der Waals surface area contributed by atoms with Crippen molar-refractivity contribution >= 4 is 17.4 Å². The normalized spacial score (nSPS) is 15.0. The predicted octanol–water partition coefficient (Wildman–Crippen LogP) is 4.50. The summed E-state index contributed by atoms with van der Waals surface area (Å²) in [5.74, 6) is -5.23. The number of pyridine rings is 1. The van der Waals surface area contributed by atoms with Gasteiger partial charge in [0.05, 0.1) is 17.4 Å². The molecule has 0 unspecified atom stereocenters. The number of carbonyl (C=O) groups excluding carboxylic acids is 1. The third-order valence-electron chi connectivity index (χ3n) is 4.26. The van der Waals surface area contributed by atoms with Crippen molar-refractivity contribution in [3.8, 4) is 0 Å². The average Bonchev–Trinajstić information content (AvgIpc) is 2.62. The van der Waals surface area contributed by atoms with Crippen molar-refractivity contribution in [2.75, 3.05) is 10.6 Å². The van der Waals surface area contributed by atoms with E-state index < -0.39 is 28.9 Å². The van der Waals surface area contributed by atoms with Crippen LogP contribution in [0.15, 0.2) is 30.5 Å². The molecule has 1 fully saturated rings. The van der Waals surface area contributed by atoms with E-state index in [0.717, 1.165) is 24.6 Å². The number of hydrogen-bond acceptors (Lipinski definition) is 3. The fourth-order valence-electron chi connectivity index (χ4n) is 2.92. The fraction of sp³-hybridized carbons (Fsp3) is 0.333. The lowest BCUT2D eigenvalue weighted by molar-refractivity contribution is 0.102. The maximum Gasteiger partial charge on any atom is 0.259 e. The number of nitrogens with zero attached hydrogens (tertiary/aromatic N) is 1. The van der Waals surface area contributed by atoms with Crippen LogP contribution in [-0.4, -0.2) is 16.9 Å². The first-order chi connectivity index (χ1) is 12.0. The topological polar surface area (TPSA) is 54.0 Å². The number of rotatable bonds is 4. The van der Waals surface area contributed by atoms with Crippen molar-refractivity contribution in [1.29, 1.82) is 0 Å². The molecule has 1 aliphatic carbocycles. The number of halogens is 3. The molecule has 1 saturated carbocycles. The van der Waals surface area contributed by atoms with Gasteiger partial charge < -0.3 is 10.6 Å². The van der Waals surface area contributed by atoms with Crippen LogP contribution in [0.2, 0.25) is 0 Å². The van der Waals surface area contributed by atoms with Gasteiger partial charge in [0.25, 0.3) is 5.91 Å². The zero-order valence-electron chi connectivity index (χ0n) is 13.5. The molecule has 0 bridgehead atoms. The Morgan fingerprint density at radius 3 is 2.44 bits per heavy atom. The summed E-state index contributed by atoms with van der Waals surface area (Å²) in [5.41, 5.74) is 0.258. The van der Waals surface area contributed by atoms with Gasteiger partial charge in [-0.2, -0.15) is 0 Å². The molecule has 1 aromatic heterocycles. The van der Waals surface area contributed by atoms with E-state index >= 15 is 0 Å². The van der Waals surface area contributed by atoms with Gasteiger partial charge in [-0.1, -0.05) is 19.3 Å². The molecule has 1 aromatic carbocycles. The molecular formula is C18H18F3N3O. The number of nitrogens with one attached hydrogen (secondary N) is 2. The molecule has 0 atom stereocenters. The summed E-state index contributed by atoms with van der Waals surface area (Å²) < 4.78 is 39.8. The third-order valence-corrected chi connectivity index (χ3v) is 4.26. The highest BCUT2D eigenvalue weighted by molar-refractivity contribution is 6.04. The number of anilines is 2. The van der Waals surface area contributed by atoms with Crippen LogP contribution in [0.25, 0.3) is 0 Å². The maximum atomic E-state index is 13.6. The molecule has 1 aliphatic rings. The van der Waals surface area contributed by atoms with Gasteiger partial charge in [0.1, 0.15) is 5.82 Å². The summed E-state index contributed by atoms with van der Waals surface area (Å²) in [7, 11) is 0. The molecule has 4 nitrogen and oxygen atoms in total. The highest BCUT2D eigenvalue weighted by atomic mass is 19.2. The van der Waals surface area contributed by atoms with Crippen LogP contribution >= 0.6 is 0 Å². The average molecular weight is 349 g/mol. The van der Waals surface area contributed by atoms with Gasteiger partial charge in [-0.05, 0) is 37.1 Å². The van der Waals surface area contributed by atoms with E-state index in [2.05, 4.69) is 15.6 Å². The Kier molecular flexibility index (Phi) is 5.21. The minimum atomic E-state index is -1.67. The molecule has 25 heavy (non-hydrogen) atoms. The summed E-state index contributed by atoms with van der Waals surface area (Å²) in [6.07, 6.45) is 7.49. The molecule has 1 heterocycles. The van der Waals surface area contributed by atoms with Crippen LogP contribution in [0.1, 0.15) is 42.5 Å². The van der Waals surface area contributed by atoms with E-state index in [4.69, 9.17) is 0 Å². The summed E-state index contributed by atoms with van der Waals surface area (Å²) in [4.78, 5) is 16.1. The van der Waals surface area contributed by atoms with Crippen molar-refractivity contribution in [1.82, 2.24) is 4.98 Å². The second-order valence-electron chi connectivity index (χ2n) is 6.09. The van der Waals surface area contributed by atoms with Crippen molar-refractivity contribution in [2.45, 2.75) is 38.1 Å². The van der Waals surface area contributed by atoms with Gasteiger partial charge in [-0.3, -0.25) is 4.79 Å². The van der Waals surface area contributed by atoms with Crippen LogP contribution in [-0.2, 0) is 0 Å². The van der Waals surface area contributed by atoms with Crippen molar-refractivity contribution < 1.29 is 18.0 Å². The molecular weight excluding hydrogens is 331 g/mol. The highest BCUT2D eigenvalue weighted by Gasteiger charge is 2.19. The van der Waals surface area contributed by atoms with Crippen molar-refractivity contribution in [3.63, 3.8) is 0 Å². The summed E-state index contributed by atoms with van der Waals surface area (Å²) >= 11 is 0. The number of aromatic nitrogens is 1. The highest BCUT2D eigenvalue weighted by Crippen LogP contribution is 2.22. The lowest BCUT2D eigenvalue weighted by atomic mass is 9.95. The van der Waals surface area contributed by atoms with E-state index in [9.17, 15) is 18.0 Å². The lowest BCUT2D eigenvalue weighted by Gasteiger charge is -2.23. The Morgan fingerprint density at radius 2 is 1.76 bits per heavy atom. The Hall–Kier alpha value is -2.57. The van der Waals surface area contributed by atoms with Gasteiger partial charge in [0.2, 0.25) is 0 Å². The molecule has 3 rings (SSSR count). The minimum absolute atomic E-state index is 0.198. The van der Waals surface area contributed by atoms with Crippen LogP contribution < -0.4 is 10.6 Å². The number of carbonyl (C=O) groups is 1. The smallest absolute Gasteiger partial charge is 0.259 e. The zero-order chi connectivity index (χ0) is 17.8. The number of benzene rings is 1. The largest absolute Gasteiger partial charge is 0.381 e. The molecule has 2 N–H and O–H groups in total. The van der Waals surface area contributed by atoms with Gasteiger partial charge in [0, 0.05) is 6.04 Å². The quantitative estimate of drug-likeness (QED) is 0.800. The molecule has 0 radical (unpaired) electrons. The van der Waals surface area contributed by atoms with E-state index in [1.807, 2.05) is 0 Å².